The second-order valence-electron chi connectivity index (χ2n) is 5.06. The molecular formula is C12H26N2O. The zero-order valence-corrected chi connectivity index (χ0v) is 10.6. The van der Waals surface area contributed by atoms with Crippen LogP contribution in [0.25, 0.3) is 0 Å². The summed E-state index contributed by atoms with van der Waals surface area (Å²) in [5.41, 5.74) is 5.43. The van der Waals surface area contributed by atoms with Gasteiger partial charge in [-0.05, 0) is 39.2 Å². The van der Waals surface area contributed by atoms with Crippen LogP contribution in [0.1, 0.15) is 53.4 Å². The van der Waals surface area contributed by atoms with Gasteiger partial charge >= 0.3 is 0 Å². The van der Waals surface area contributed by atoms with Gasteiger partial charge in [0.15, 0.2) is 0 Å². The minimum atomic E-state index is -0.0716. The summed E-state index contributed by atoms with van der Waals surface area (Å²) in [6.45, 7) is 9.00. The van der Waals surface area contributed by atoms with Gasteiger partial charge in [0.1, 0.15) is 0 Å². The lowest BCUT2D eigenvalue weighted by Gasteiger charge is -2.26. The first-order chi connectivity index (χ1) is 6.91. The fraction of sp³-hybridized carbons (Fsp3) is 0.917. The summed E-state index contributed by atoms with van der Waals surface area (Å²) in [5.74, 6) is 0.582. The third-order valence-electron chi connectivity index (χ3n) is 2.62. The number of hydrogen-bond donors (Lipinski definition) is 2. The first-order valence-electron chi connectivity index (χ1n) is 5.92. The van der Waals surface area contributed by atoms with Gasteiger partial charge in [-0.1, -0.05) is 20.3 Å². The number of carbonyl (C=O) groups excluding carboxylic acids is 1. The van der Waals surface area contributed by atoms with Crippen LogP contribution < -0.4 is 11.1 Å². The van der Waals surface area contributed by atoms with E-state index in [1.807, 2.05) is 0 Å². The van der Waals surface area contributed by atoms with E-state index in [1.54, 1.807) is 0 Å². The molecule has 0 aliphatic heterocycles. The molecule has 0 heterocycles. The van der Waals surface area contributed by atoms with Gasteiger partial charge in [0.25, 0.3) is 0 Å². The Balaban J connectivity index is 3.82. The van der Waals surface area contributed by atoms with Crippen molar-refractivity contribution in [3.8, 4) is 0 Å². The molecule has 0 aliphatic carbocycles. The van der Waals surface area contributed by atoms with Gasteiger partial charge in [0.2, 0.25) is 5.91 Å². The zero-order valence-electron chi connectivity index (χ0n) is 10.6. The van der Waals surface area contributed by atoms with Gasteiger partial charge in [0, 0.05) is 12.0 Å². The van der Waals surface area contributed by atoms with E-state index in [4.69, 9.17) is 5.73 Å². The van der Waals surface area contributed by atoms with Crippen molar-refractivity contribution in [2.75, 3.05) is 6.54 Å². The zero-order chi connectivity index (χ0) is 11.9. The summed E-state index contributed by atoms with van der Waals surface area (Å²) in [6, 6.07) is 0. The third-order valence-corrected chi connectivity index (χ3v) is 2.62. The van der Waals surface area contributed by atoms with Gasteiger partial charge in [-0.25, -0.2) is 0 Å². The van der Waals surface area contributed by atoms with Crippen LogP contribution in [0.15, 0.2) is 0 Å². The summed E-state index contributed by atoms with van der Waals surface area (Å²) in [5, 5.41) is 3.06. The Morgan fingerprint density at radius 2 is 2.07 bits per heavy atom. The van der Waals surface area contributed by atoms with Crippen LogP contribution in [0.3, 0.4) is 0 Å². The van der Waals surface area contributed by atoms with Crippen LogP contribution in [0.5, 0.6) is 0 Å². The molecule has 0 saturated carbocycles. The van der Waals surface area contributed by atoms with Gasteiger partial charge in [-0.3, -0.25) is 4.79 Å². The SMILES string of the molecule is CCCC(C)(C)NC(=O)CCC(C)CN. The molecule has 0 aromatic heterocycles. The lowest BCUT2D eigenvalue weighted by Crippen LogP contribution is -2.43. The van der Waals surface area contributed by atoms with Crippen molar-refractivity contribution in [3.05, 3.63) is 0 Å². The van der Waals surface area contributed by atoms with Crippen molar-refractivity contribution < 1.29 is 4.79 Å². The number of hydrogen-bond acceptors (Lipinski definition) is 2. The third kappa shape index (κ3) is 7.37. The highest BCUT2D eigenvalue weighted by molar-refractivity contribution is 5.76. The summed E-state index contributed by atoms with van der Waals surface area (Å²) < 4.78 is 0. The normalized spacial score (nSPS) is 13.7. The van der Waals surface area contributed by atoms with E-state index >= 15 is 0 Å². The van der Waals surface area contributed by atoms with Crippen LogP contribution in [0, 0.1) is 5.92 Å². The minimum Gasteiger partial charge on any atom is -0.351 e. The smallest absolute Gasteiger partial charge is 0.220 e. The molecule has 0 aliphatic rings. The van der Waals surface area contributed by atoms with Crippen molar-refractivity contribution in [3.63, 3.8) is 0 Å². The summed E-state index contributed by atoms with van der Waals surface area (Å²) >= 11 is 0. The minimum absolute atomic E-state index is 0.0716. The molecule has 0 bridgehead atoms. The quantitative estimate of drug-likeness (QED) is 0.681. The second-order valence-corrected chi connectivity index (χ2v) is 5.06. The largest absolute Gasteiger partial charge is 0.351 e. The molecule has 3 heteroatoms. The Hall–Kier alpha value is -0.570. The molecule has 0 spiro atoms. The number of nitrogens with two attached hydrogens (primary N) is 1. The van der Waals surface area contributed by atoms with Crippen LogP contribution in [-0.2, 0) is 4.79 Å². The topological polar surface area (TPSA) is 55.1 Å². The number of nitrogens with one attached hydrogen (secondary N) is 1. The highest BCUT2D eigenvalue weighted by Gasteiger charge is 2.18. The first-order valence-corrected chi connectivity index (χ1v) is 5.92. The molecule has 0 radical (unpaired) electrons. The van der Waals surface area contributed by atoms with E-state index in [0.29, 0.717) is 18.9 Å². The van der Waals surface area contributed by atoms with Crippen LogP contribution in [0.4, 0.5) is 0 Å². The van der Waals surface area contributed by atoms with Crippen molar-refractivity contribution in [2.24, 2.45) is 11.7 Å². The van der Waals surface area contributed by atoms with E-state index in [2.05, 4.69) is 33.0 Å². The van der Waals surface area contributed by atoms with E-state index in [9.17, 15) is 4.79 Å². The van der Waals surface area contributed by atoms with Gasteiger partial charge in [-0.15, -0.1) is 0 Å². The van der Waals surface area contributed by atoms with Crippen molar-refractivity contribution in [1.29, 1.82) is 0 Å². The summed E-state index contributed by atoms with van der Waals surface area (Å²) in [6.07, 6.45) is 3.58. The Bertz CT molecular complexity index is 190. The van der Waals surface area contributed by atoms with Crippen molar-refractivity contribution >= 4 is 5.91 Å². The Morgan fingerprint density at radius 3 is 2.53 bits per heavy atom. The van der Waals surface area contributed by atoms with E-state index in [1.165, 1.54) is 0 Å². The Labute approximate surface area is 93.8 Å². The highest BCUT2D eigenvalue weighted by Crippen LogP contribution is 2.12. The van der Waals surface area contributed by atoms with Gasteiger partial charge in [-0.2, -0.15) is 0 Å². The number of rotatable bonds is 7. The molecule has 90 valence electrons. The molecule has 0 aromatic rings. The summed E-state index contributed by atoms with van der Waals surface area (Å²) in [4.78, 5) is 11.6. The first kappa shape index (κ1) is 14.4. The Kier molecular flexibility index (Phi) is 6.57. The predicted octanol–water partition coefficient (Wildman–Crippen LogP) is 2.06. The monoisotopic (exact) mass is 214 g/mol. The molecule has 0 fully saturated rings. The van der Waals surface area contributed by atoms with Gasteiger partial charge < -0.3 is 11.1 Å². The van der Waals surface area contributed by atoms with E-state index in [0.717, 1.165) is 19.3 Å². The highest BCUT2D eigenvalue weighted by atomic mass is 16.1. The summed E-state index contributed by atoms with van der Waals surface area (Å²) in [7, 11) is 0. The lowest BCUT2D eigenvalue weighted by atomic mass is 9.98. The molecule has 0 saturated heterocycles. The van der Waals surface area contributed by atoms with Gasteiger partial charge in [0.05, 0.1) is 0 Å². The second kappa shape index (κ2) is 6.83. The molecule has 0 aromatic carbocycles. The molecule has 15 heavy (non-hydrogen) atoms. The average molecular weight is 214 g/mol. The average Bonchev–Trinajstić information content (AvgIpc) is 2.13. The standard InChI is InChI=1S/C12H26N2O/c1-5-8-12(3,4)14-11(15)7-6-10(2)9-13/h10H,5-9,13H2,1-4H3,(H,14,15). The van der Waals surface area contributed by atoms with Crippen LogP contribution >= 0.6 is 0 Å². The van der Waals surface area contributed by atoms with Crippen LogP contribution in [-0.4, -0.2) is 18.0 Å². The molecule has 1 atom stereocenters. The fourth-order valence-corrected chi connectivity index (χ4v) is 1.62. The maximum atomic E-state index is 11.6. The van der Waals surface area contributed by atoms with E-state index in [-0.39, 0.29) is 11.4 Å². The van der Waals surface area contributed by atoms with Crippen molar-refractivity contribution in [2.45, 2.75) is 58.9 Å². The lowest BCUT2D eigenvalue weighted by molar-refractivity contribution is -0.123. The maximum Gasteiger partial charge on any atom is 0.220 e. The predicted molar refractivity (Wildman–Crippen MR) is 64.6 cm³/mol. The number of amides is 1. The fourth-order valence-electron chi connectivity index (χ4n) is 1.62. The molecule has 3 N–H and O–H groups in total. The number of carbonyl (C=O) groups is 1. The van der Waals surface area contributed by atoms with Crippen molar-refractivity contribution in [1.82, 2.24) is 5.32 Å². The molecule has 1 amide bonds. The van der Waals surface area contributed by atoms with E-state index < -0.39 is 0 Å². The molecule has 1 unspecified atom stereocenters. The maximum absolute atomic E-state index is 11.6. The Morgan fingerprint density at radius 1 is 1.47 bits per heavy atom. The molecule has 0 rings (SSSR count). The van der Waals surface area contributed by atoms with Crippen LogP contribution in [0.2, 0.25) is 0 Å². The molecule has 3 nitrogen and oxygen atoms in total. The molecular weight excluding hydrogens is 188 g/mol.